The second-order valence-corrected chi connectivity index (χ2v) is 7.65. The second kappa shape index (κ2) is 8.87. The number of benzene rings is 2. The zero-order valence-electron chi connectivity index (χ0n) is 15.4. The summed E-state index contributed by atoms with van der Waals surface area (Å²) in [4.78, 5) is 14.6. The molecular formula is C22H18FN3O2S. The van der Waals surface area contributed by atoms with Gasteiger partial charge in [0.25, 0.3) is 0 Å². The largest absolute Gasteiger partial charge is 0.467 e. The van der Waals surface area contributed by atoms with E-state index in [1.54, 1.807) is 35.6 Å². The number of furan rings is 1. The lowest BCUT2D eigenvalue weighted by molar-refractivity contribution is -0.126. The summed E-state index contributed by atoms with van der Waals surface area (Å²) in [7, 11) is 0. The van der Waals surface area contributed by atoms with E-state index in [4.69, 9.17) is 4.42 Å². The van der Waals surface area contributed by atoms with Gasteiger partial charge in [-0.25, -0.2) is 4.39 Å². The summed E-state index contributed by atoms with van der Waals surface area (Å²) in [5.74, 6) is 0.307. The van der Waals surface area contributed by atoms with Gasteiger partial charge < -0.3 is 4.42 Å². The fourth-order valence-electron chi connectivity index (χ4n) is 2.94. The van der Waals surface area contributed by atoms with Crippen LogP contribution < -0.4 is 0 Å². The van der Waals surface area contributed by atoms with Crippen LogP contribution in [-0.4, -0.2) is 27.4 Å². The van der Waals surface area contributed by atoms with Crippen LogP contribution in [0.3, 0.4) is 0 Å². The van der Waals surface area contributed by atoms with E-state index >= 15 is 0 Å². The Hall–Kier alpha value is -3.19. The van der Waals surface area contributed by atoms with Crippen molar-refractivity contribution in [2.24, 2.45) is 10.2 Å². The summed E-state index contributed by atoms with van der Waals surface area (Å²) in [6.07, 6.45) is 3.71. The molecule has 3 aromatic rings. The van der Waals surface area contributed by atoms with E-state index in [-0.39, 0.29) is 17.0 Å². The van der Waals surface area contributed by atoms with Gasteiger partial charge in [-0.3, -0.25) is 9.69 Å². The summed E-state index contributed by atoms with van der Waals surface area (Å²) in [5, 5.41) is 8.62. The van der Waals surface area contributed by atoms with Crippen molar-refractivity contribution in [2.45, 2.75) is 18.2 Å². The van der Waals surface area contributed by atoms with Gasteiger partial charge in [0, 0.05) is 0 Å². The van der Waals surface area contributed by atoms with E-state index in [9.17, 15) is 9.18 Å². The topological polar surface area (TPSA) is 58.2 Å². The number of nitrogens with zero attached hydrogens (tertiary/aromatic N) is 3. The minimum atomic E-state index is -0.346. The predicted molar refractivity (Wildman–Crippen MR) is 112 cm³/mol. The van der Waals surface area contributed by atoms with E-state index < -0.39 is 0 Å². The molecule has 29 heavy (non-hydrogen) atoms. The molecule has 0 bridgehead atoms. The molecule has 1 saturated heterocycles. The minimum Gasteiger partial charge on any atom is -0.467 e. The van der Waals surface area contributed by atoms with Crippen LogP contribution in [0.2, 0.25) is 0 Å². The maximum atomic E-state index is 13.2. The van der Waals surface area contributed by atoms with Gasteiger partial charge >= 0.3 is 0 Å². The van der Waals surface area contributed by atoms with Crippen LogP contribution in [0, 0.1) is 5.82 Å². The molecule has 0 unspecified atom stereocenters. The maximum absolute atomic E-state index is 13.2. The molecule has 0 aliphatic carbocycles. The molecule has 1 amide bonds. The van der Waals surface area contributed by atoms with Crippen molar-refractivity contribution in [2.75, 3.05) is 0 Å². The molecule has 7 heteroatoms. The third-order valence-corrected chi connectivity index (χ3v) is 5.56. The van der Waals surface area contributed by atoms with Gasteiger partial charge in [-0.15, -0.1) is 5.10 Å². The molecule has 146 valence electrons. The highest BCUT2D eigenvalue weighted by atomic mass is 32.2. The highest BCUT2D eigenvalue weighted by Gasteiger charge is 2.38. The van der Waals surface area contributed by atoms with Gasteiger partial charge in [-0.05, 0) is 41.8 Å². The zero-order chi connectivity index (χ0) is 20.1. The number of carbonyl (C=O) groups excluding carboxylic acids is 1. The highest BCUT2D eigenvalue weighted by Crippen LogP contribution is 2.31. The summed E-state index contributed by atoms with van der Waals surface area (Å²) in [6.45, 7) is 0.290. The lowest BCUT2D eigenvalue weighted by Crippen LogP contribution is -2.32. The molecule has 1 aliphatic heterocycles. The Bertz CT molecular complexity index is 1020. The first-order valence-electron chi connectivity index (χ1n) is 9.10. The number of rotatable bonds is 6. The molecule has 1 atom stereocenters. The average Bonchev–Trinajstić information content (AvgIpc) is 3.35. The quantitative estimate of drug-likeness (QED) is 0.447. The molecule has 2 heterocycles. The standard InChI is InChI=1S/C22H18FN3O2S/c23-18-10-8-16(9-11-18)13-20-21(27)26(15-19-7-4-12-28-19)22(29-20)25-24-14-17-5-2-1-3-6-17/h1-12,14,20H,13,15H2/b24-14-,25-22-/t20-/m1/s1. The molecular weight excluding hydrogens is 389 g/mol. The Morgan fingerprint density at radius 1 is 1.07 bits per heavy atom. The third kappa shape index (κ3) is 4.81. The van der Waals surface area contributed by atoms with Crippen LogP contribution in [0.1, 0.15) is 16.9 Å². The van der Waals surface area contributed by atoms with E-state index in [1.165, 1.54) is 23.9 Å². The van der Waals surface area contributed by atoms with Crippen LogP contribution in [0.5, 0.6) is 0 Å². The molecule has 0 saturated carbocycles. The number of hydrogen-bond acceptors (Lipinski definition) is 5. The van der Waals surface area contributed by atoms with E-state index in [2.05, 4.69) is 10.2 Å². The SMILES string of the molecule is O=C1[C@@H](Cc2ccc(F)cc2)S/C(=N\N=C/c2ccccc2)N1Cc1ccco1. The number of thioether (sulfide) groups is 1. The molecule has 1 fully saturated rings. The number of halogens is 1. The van der Waals surface area contributed by atoms with E-state index in [0.29, 0.717) is 23.9 Å². The molecule has 1 aromatic heterocycles. The second-order valence-electron chi connectivity index (χ2n) is 6.48. The van der Waals surface area contributed by atoms with Crippen molar-refractivity contribution < 1.29 is 13.6 Å². The van der Waals surface area contributed by atoms with Gasteiger partial charge in [0.15, 0.2) is 5.17 Å². The van der Waals surface area contributed by atoms with Gasteiger partial charge in [0.2, 0.25) is 5.91 Å². The maximum Gasteiger partial charge on any atom is 0.242 e. The Kier molecular flexibility index (Phi) is 5.86. The number of hydrogen-bond donors (Lipinski definition) is 0. The first-order chi connectivity index (χ1) is 14.2. The molecule has 2 aromatic carbocycles. The van der Waals surface area contributed by atoms with Crippen LogP contribution in [0.4, 0.5) is 4.39 Å². The Morgan fingerprint density at radius 3 is 2.59 bits per heavy atom. The van der Waals surface area contributed by atoms with Gasteiger partial charge in [-0.2, -0.15) is 5.10 Å². The van der Waals surface area contributed by atoms with Crippen LogP contribution >= 0.6 is 11.8 Å². The molecule has 1 aliphatic rings. The summed E-state index contributed by atoms with van der Waals surface area (Å²) >= 11 is 1.36. The number of amidine groups is 1. The summed E-state index contributed by atoms with van der Waals surface area (Å²) < 4.78 is 18.6. The monoisotopic (exact) mass is 407 g/mol. The van der Waals surface area contributed by atoms with Crippen molar-refractivity contribution in [3.05, 3.63) is 95.7 Å². The lowest BCUT2D eigenvalue weighted by atomic mass is 10.1. The normalized spacial score (nSPS) is 18.2. The predicted octanol–water partition coefficient (Wildman–Crippen LogP) is 4.50. The summed E-state index contributed by atoms with van der Waals surface area (Å²) in [5.41, 5.74) is 1.82. The third-order valence-electron chi connectivity index (χ3n) is 4.40. The minimum absolute atomic E-state index is 0.0654. The highest BCUT2D eigenvalue weighted by molar-refractivity contribution is 8.15. The van der Waals surface area contributed by atoms with Crippen molar-refractivity contribution in [1.82, 2.24) is 4.90 Å². The fourth-order valence-corrected chi connectivity index (χ4v) is 4.07. The number of amides is 1. The Balaban J connectivity index is 1.54. The zero-order valence-corrected chi connectivity index (χ0v) is 16.3. The van der Waals surface area contributed by atoms with Crippen LogP contribution in [0.15, 0.2) is 87.6 Å². The van der Waals surface area contributed by atoms with Crippen molar-refractivity contribution >= 4 is 29.1 Å². The van der Waals surface area contributed by atoms with Crippen LogP contribution in [0.25, 0.3) is 0 Å². The molecule has 0 radical (unpaired) electrons. The van der Waals surface area contributed by atoms with Crippen molar-refractivity contribution in [3.8, 4) is 0 Å². The van der Waals surface area contributed by atoms with Crippen molar-refractivity contribution in [1.29, 1.82) is 0 Å². The molecule has 0 N–H and O–H groups in total. The lowest BCUT2D eigenvalue weighted by Gasteiger charge is -2.14. The van der Waals surface area contributed by atoms with Gasteiger partial charge in [0.05, 0.1) is 24.3 Å². The van der Waals surface area contributed by atoms with Crippen LogP contribution in [-0.2, 0) is 17.8 Å². The molecule has 5 nitrogen and oxygen atoms in total. The fraction of sp³-hybridized carbons (Fsp3) is 0.136. The molecule has 0 spiro atoms. The molecule has 4 rings (SSSR count). The van der Waals surface area contributed by atoms with Gasteiger partial charge in [0.1, 0.15) is 11.6 Å². The Labute approximate surface area is 171 Å². The number of carbonyl (C=O) groups is 1. The van der Waals surface area contributed by atoms with E-state index in [1.807, 2.05) is 36.4 Å². The Morgan fingerprint density at radius 2 is 1.86 bits per heavy atom. The first kappa shape index (κ1) is 19.1. The van der Waals surface area contributed by atoms with Crippen molar-refractivity contribution in [3.63, 3.8) is 0 Å². The smallest absolute Gasteiger partial charge is 0.242 e. The van der Waals surface area contributed by atoms with E-state index in [0.717, 1.165) is 11.1 Å². The first-order valence-corrected chi connectivity index (χ1v) is 9.98. The van der Waals surface area contributed by atoms with Gasteiger partial charge in [-0.1, -0.05) is 54.2 Å². The summed E-state index contributed by atoms with van der Waals surface area (Å²) in [6, 6.07) is 19.4. The average molecular weight is 407 g/mol.